The molecule has 1 aliphatic rings. The third-order valence-electron chi connectivity index (χ3n) is 3.43. The van der Waals surface area contributed by atoms with E-state index < -0.39 is 11.3 Å². The molecule has 2 aromatic rings. The minimum absolute atomic E-state index is 0.0212. The van der Waals surface area contributed by atoms with Gasteiger partial charge in [-0.25, -0.2) is 0 Å². The molecule has 1 unspecified atom stereocenters. The van der Waals surface area contributed by atoms with Gasteiger partial charge in [-0.15, -0.1) is 11.3 Å². The summed E-state index contributed by atoms with van der Waals surface area (Å²) in [5, 5.41) is 9.63. The molecule has 1 saturated heterocycles. The molecule has 0 bridgehead atoms. The topological polar surface area (TPSA) is 113 Å². The predicted molar refractivity (Wildman–Crippen MR) is 101 cm³/mol. The SMILES string of the molecule is CO/N=C(\C(=O)NN1CC(=O)SC1c1ccco1)c1csc(NC(C)=O)c1. The van der Waals surface area contributed by atoms with E-state index in [-0.39, 0.29) is 23.3 Å². The van der Waals surface area contributed by atoms with Crippen LogP contribution in [0.5, 0.6) is 0 Å². The van der Waals surface area contributed by atoms with Gasteiger partial charge in [0.05, 0.1) is 17.8 Å². The van der Waals surface area contributed by atoms with E-state index in [0.29, 0.717) is 16.3 Å². The smallest absolute Gasteiger partial charge is 0.288 e. The number of hydrazine groups is 1. The number of nitrogens with one attached hydrogen (secondary N) is 2. The largest absolute Gasteiger partial charge is 0.467 e. The fourth-order valence-electron chi connectivity index (χ4n) is 2.39. The molecular formula is C16H16N4O5S2. The second kappa shape index (κ2) is 8.37. The van der Waals surface area contributed by atoms with Gasteiger partial charge in [-0.1, -0.05) is 16.9 Å². The zero-order valence-corrected chi connectivity index (χ0v) is 16.1. The van der Waals surface area contributed by atoms with Crippen LogP contribution in [0.3, 0.4) is 0 Å². The number of carbonyl (C=O) groups is 3. The second-order valence-electron chi connectivity index (χ2n) is 5.43. The second-order valence-corrected chi connectivity index (χ2v) is 7.48. The summed E-state index contributed by atoms with van der Waals surface area (Å²) in [6, 6.07) is 5.07. The van der Waals surface area contributed by atoms with Crippen LogP contribution in [0, 0.1) is 0 Å². The van der Waals surface area contributed by atoms with Gasteiger partial charge in [0.15, 0.2) is 5.71 Å². The minimum Gasteiger partial charge on any atom is -0.467 e. The van der Waals surface area contributed by atoms with Gasteiger partial charge in [-0.05, 0) is 18.2 Å². The van der Waals surface area contributed by atoms with Crippen LogP contribution in [0.15, 0.2) is 39.4 Å². The highest BCUT2D eigenvalue weighted by Crippen LogP contribution is 2.37. The lowest BCUT2D eigenvalue weighted by molar-refractivity contribution is -0.120. The molecule has 3 rings (SSSR count). The maximum atomic E-state index is 12.7. The summed E-state index contributed by atoms with van der Waals surface area (Å²) in [4.78, 5) is 40.6. The van der Waals surface area contributed by atoms with E-state index in [4.69, 9.17) is 9.25 Å². The van der Waals surface area contributed by atoms with Crippen molar-refractivity contribution in [2.24, 2.45) is 5.16 Å². The van der Waals surface area contributed by atoms with Crippen molar-refractivity contribution < 1.29 is 23.6 Å². The molecule has 11 heteroatoms. The van der Waals surface area contributed by atoms with E-state index >= 15 is 0 Å². The van der Waals surface area contributed by atoms with Crippen LogP contribution in [0.25, 0.3) is 0 Å². The third kappa shape index (κ3) is 4.56. The lowest BCUT2D eigenvalue weighted by Crippen LogP contribution is -2.45. The van der Waals surface area contributed by atoms with Crippen molar-refractivity contribution in [3.63, 3.8) is 0 Å². The van der Waals surface area contributed by atoms with Gasteiger partial charge in [0, 0.05) is 17.9 Å². The van der Waals surface area contributed by atoms with Gasteiger partial charge in [0.25, 0.3) is 5.91 Å². The first-order chi connectivity index (χ1) is 13.0. The number of thiophene rings is 1. The molecule has 2 N–H and O–H groups in total. The predicted octanol–water partition coefficient (Wildman–Crippen LogP) is 1.96. The molecule has 142 valence electrons. The number of hydrogen-bond donors (Lipinski definition) is 2. The van der Waals surface area contributed by atoms with Crippen molar-refractivity contribution in [1.82, 2.24) is 10.4 Å². The highest BCUT2D eigenvalue weighted by Gasteiger charge is 2.36. The Labute approximate surface area is 162 Å². The molecule has 3 heterocycles. The first-order valence-corrected chi connectivity index (χ1v) is 9.52. The van der Waals surface area contributed by atoms with Crippen LogP contribution in [0.1, 0.15) is 23.6 Å². The van der Waals surface area contributed by atoms with Crippen LogP contribution in [0.4, 0.5) is 5.00 Å². The molecule has 2 aromatic heterocycles. The van der Waals surface area contributed by atoms with Gasteiger partial charge < -0.3 is 14.6 Å². The Kier molecular flexibility index (Phi) is 5.94. The molecule has 0 spiro atoms. The number of furan rings is 1. The molecule has 1 fully saturated rings. The summed E-state index contributed by atoms with van der Waals surface area (Å²) in [7, 11) is 1.33. The van der Waals surface area contributed by atoms with E-state index in [1.54, 1.807) is 23.6 Å². The Morgan fingerprint density at radius 1 is 1.44 bits per heavy atom. The van der Waals surface area contributed by atoms with E-state index in [2.05, 4.69) is 15.9 Å². The van der Waals surface area contributed by atoms with Crippen LogP contribution in [0.2, 0.25) is 0 Å². The Bertz CT molecular complexity index is 877. The van der Waals surface area contributed by atoms with E-state index in [9.17, 15) is 14.4 Å². The Morgan fingerprint density at radius 2 is 2.26 bits per heavy atom. The van der Waals surface area contributed by atoms with Gasteiger partial charge in [-0.2, -0.15) is 5.01 Å². The van der Waals surface area contributed by atoms with Gasteiger partial charge in [0.2, 0.25) is 11.0 Å². The summed E-state index contributed by atoms with van der Waals surface area (Å²) >= 11 is 2.32. The van der Waals surface area contributed by atoms with E-state index in [0.717, 1.165) is 11.8 Å². The maximum Gasteiger partial charge on any atom is 0.288 e. The maximum absolute atomic E-state index is 12.7. The zero-order valence-electron chi connectivity index (χ0n) is 14.4. The average Bonchev–Trinajstić information content (AvgIpc) is 3.33. The van der Waals surface area contributed by atoms with Gasteiger partial charge in [0.1, 0.15) is 18.2 Å². The summed E-state index contributed by atoms with van der Waals surface area (Å²) < 4.78 is 5.35. The summed E-state index contributed by atoms with van der Waals surface area (Å²) in [6.45, 7) is 1.43. The van der Waals surface area contributed by atoms with Crippen molar-refractivity contribution >= 4 is 50.7 Å². The summed E-state index contributed by atoms with van der Waals surface area (Å²) in [5.41, 5.74) is 3.18. The van der Waals surface area contributed by atoms with Crippen molar-refractivity contribution in [1.29, 1.82) is 0 Å². The van der Waals surface area contributed by atoms with Crippen molar-refractivity contribution in [3.05, 3.63) is 41.2 Å². The first-order valence-electron chi connectivity index (χ1n) is 7.76. The Hall–Kier alpha value is -2.63. The van der Waals surface area contributed by atoms with Crippen molar-refractivity contribution in [2.45, 2.75) is 12.3 Å². The van der Waals surface area contributed by atoms with Gasteiger partial charge in [-0.3, -0.25) is 19.8 Å². The zero-order chi connectivity index (χ0) is 19.4. The average molecular weight is 408 g/mol. The van der Waals surface area contributed by atoms with Crippen LogP contribution in [-0.2, 0) is 19.2 Å². The van der Waals surface area contributed by atoms with Crippen LogP contribution < -0.4 is 10.7 Å². The first kappa shape index (κ1) is 19.1. The monoisotopic (exact) mass is 408 g/mol. The molecule has 1 atom stereocenters. The lowest BCUT2D eigenvalue weighted by atomic mass is 10.2. The van der Waals surface area contributed by atoms with Gasteiger partial charge >= 0.3 is 0 Å². The minimum atomic E-state index is -0.545. The fourth-order valence-corrected chi connectivity index (χ4v) is 4.19. The number of thioether (sulfide) groups is 1. The molecular weight excluding hydrogens is 392 g/mol. The fraction of sp³-hybridized carbons (Fsp3) is 0.250. The number of nitrogens with zero attached hydrogens (tertiary/aromatic N) is 2. The highest BCUT2D eigenvalue weighted by atomic mass is 32.2. The molecule has 0 radical (unpaired) electrons. The normalized spacial score (nSPS) is 17.8. The summed E-state index contributed by atoms with van der Waals surface area (Å²) in [6.07, 6.45) is 1.51. The highest BCUT2D eigenvalue weighted by molar-refractivity contribution is 8.14. The number of anilines is 1. The van der Waals surface area contributed by atoms with Crippen molar-refractivity contribution in [2.75, 3.05) is 19.0 Å². The number of hydrogen-bond acceptors (Lipinski definition) is 9. The molecule has 9 nitrogen and oxygen atoms in total. The number of amides is 2. The number of carbonyl (C=O) groups excluding carboxylic acids is 3. The molecule has 0 aliphatic carbocycles. The quantitative estimate of drug-likeness (QED) is 0.555. The number of oxime groups is 1. The molecule has 1 aliphatic heterocycles. The number of rotatable bonds is 6. The standard InChI is InChI=1S/C16H16N4O5S2/c1-9(21)17-12-6-10(8-26-12)14(19-24-2)15(23)18-20-7-13(22)27-16(20)11-4-3-5-25-11/h3-6,8,16H,7H2,1-2H3,(H,17,21)(H,18,23)/b19-14-. The molecule has 0 aromatic carbocycles. The Balaban J connectivity index is 1.77. The summed E-state index contributed by atoms with van der Waals surface area (Å²) in [5.74, 6) is -0.206. The molecule has 27 heavy (non-hydrogen) atoms. The molecule has 2 amide bonds. The van der Waals surface area contributed by atoms with E-state index in [1.165, 1.54) is 36.6 Å². The Morgan fingerprint density at radius 3 is 2.93 bits per heavy atom. The third-order valence-corrected chi connectivity index (χ3v) is 5.37. The van der Waals surface area contributed by atoms with Crippen molar-refractivity contribution in [3.8, 4) is 0 Å². The van der Waals surface area contributed by atoms with Crippen LogP contribution in [-0.4, -0.2) is 41.3 Å². The van der Waals surface area contributed by atoms with E-state index in [1.807, 2.05) is 0 Å². The van der Waals surface area contributed by atoms with Crippen LogP contribution >= 0.6 is 23.1 Å². The molecule has 0 saturated carbocycles. The lowest BCUT2D eigenvalue weighted by Gasteiger charge is -2.21.